The third-order valence-corrected chi connectivity index (χ3v) is 5.71. The average molecular weight is 293 g/mol. The number of aromatic nitrogens is 1. The molecule has 0 saturated carbocycles. The third kappa shape index (κ3) is 2.58. The van der Waals surface area contributed by atoms with E-state index < -0.39 is 9.84 Å². The SMILES string of the molecule is CS(=O)(=O)c1ccc(-c2nc3c(s2)CCCC3)cc1. The standard InChI is InChI=1S/C14H15NO2S2/c1-19(16,17)11-8-6-10(7-9-11)14-15-12-4-2-3-5-13(12)18-14/h6-9H,2-5H2,1H3. The van der Waals surface area contributed by atoms with Crippen molar-refractivity contribution in [3.05, 3.63) is 34.8 Å². The van der Waals surface area contributed by atoms with Gasteiger partial charge in [-0.05, 0) is 37.8 Å². The Bertz CT molecular complexity index is 676. The monoisotopic (exact) mass is 293 g/mol. The van der Waals surface area contributed by atoms with E-state index in [2.05, 4.69) is 4.98 Å². The van der Waals surface area contributed by atoms with Crippen molar-refractivity contribution in [2.45, 2.75) is 30.6 Å². The molecule has 0 bridgehead atoms. The molecule has 0 radical (unpaired) electrons. The van der Waals surface area contributed by atoms with Gasteiger partial charge in [0.15, 0.2) is 9.84 Å². The van der Waals surface area contributed by atoms with Gasteiger partial charge >= 0.3 is 0 Å². The summed E-state index contributed by atoms with van der Waals surface area (Å²) in [6.45, 7) is 0. The summed E-state index contributed by atoms with van der Waals surface area (Å²) >= 11 is 1.74. The number of benzene rings is 1. The van der Waals surface area contributed by atoms with Crippen LogP contribution in [0.5, 0.6) is 0 Å². The van der Waals surface area contributed by atoms with Crippen molar-refractivity contribution < 1.29 is 8.42 Å². The van der Waals surface area contributed by atoms with Crippen molar-refractivity contribution in [3.8, 4) is 10.6 Å². The Morgan fingerprint density at radius 3 is 2.42 bits per heavy atom. The van der Waals surface area contributed by atoms with E-state index in [1.165, 1.54) is 29.7 Å². The minimum Gasteiger partial charge on any atom is -0.241 e. The lowest BCUT2D eigenvalue weighted by molar-refractivity contribution is 0.602. The summed E-state index contributed by atoms with van der Waals surface area (Å²) in [6, 6.07) is 7.01. The minimum atomic E-state index is -3.12. The number of sulfone groups is 1. The van der Waals surface area contributed by atoms with Crippen LogP contribution in [0.2, 0.25) is 0 Å². The Morgan fingerprint density at radius 1 is 1.11 bits per heavy atom. The fraction of sp³-hybridized carbons (Fsp3) is 0.357. The summed E-state index contributed by atoms with van der Waals surface area (Å²) in [7, 11) is -3.12. The van der Waals surface area contributed by atoms with Crippen molar-refractivity contribution in [2.24, 2.45) is 0 Å². The van der Waals surface area contributed by atoms with Crippen LogP contribution in [0.15, 0.2) is 29.2 Å². The number of rotatable bonds is 2. The van der Waals surface area contributed by atoms with Crippen LogP contribution < -0.4 is 0 Å². The van der Waals surface area contributed by atoms with Crippen LogP contribution in [-0.2, 0) is 22.7 Å². The summed E-state index contributed by atoms with van der Waals surface area (Å²) in [6.07, 6.45) is 5.91. The fourth-order valence-electron chi connectivity index (χ4n) is 2.32. The summed E-state index contributed by atoms with van der Waals surface area (Å²) in [4.78, 5) is 6.44. The van der Waals surface area contributed by atoms with Crippen LogP contribution in [0.3, 0.4) is 0 Å². The van der Waals surface area contributed by atoms with E-state index in [0.29, 0.717) is 4.90 Å². The Kier molecular flexibility index (Phi) is 3.19. The van der Waals surface area contributed by atoms with E-state index in [9.17, 15) is 8.42 Å². The van der Waals surface area contributed by atoms with E-state index in [-0.39, 0.29) is 0 Å². The topological polar surface area (TPSA) is 47.0 Å². The second kappa shape index (κ2) is 4.72. The Hall–Kier alpha value is -1.20. The molecule has 0 unspecified atom stereocenters. The van der Waals surface area contributed by atoms with Gasteiger partial charge in [-0.3, -0.25) is 0 Å². The highest BCUT2D eigenvalue weighted by Crippen LogP contribution is 2.32. The quantitative estimate of drug-likeness (QED) is 0.855. The molecule has 5 heteroatoms. The molecule has 0 N–H and O–H groups in total. The molecule has 3 nitrogen and oxygen atoms in total. The molecule has 1 heterocycles. The molecule has 0 aliphatic heterocycles. The fourth-order valence-corrected chi connectivity index (χ4v) is 4.11. The van der Waals surface area contributed by atoms with Crippen molar-refractivity contribution in [3.63, 3.8) is 0 Å². The summed E-state index contributed by atoms with van der Waals surface area (Å²) in [5, 5.41) is 1.01. The molecule has 100 valence electrons. The first-order chi connectivity index (χ1) is 9.04. The summed E-state index contributed by atoms with van der Waals surface area (Å²) in [5.74, 6) is 0. The molecular formula is C14H15NO2S2. The zero-order valence-electron chi connectivity index (χ0n) is 10.7. The van der Waals surface area contributed by atoms with Gasteiger partial charge in [0.2, 0.25) is 0 Å². The van der Waals surface area contributed by atoms with Gasteiger partial charge in [-0.15, -0.1) is 11.3 Å². The largest absolute Gasteiger partial charge is 0.241 e. The molecule has 2 aromatic rings. The highest BCUT2D eigenvalue weighted by molar-refractivity contribution is 7.90. The van der Waals surface area contributed by atoms with Gasteiger partial charge in [-0.1, -0.05) is 12.1 Å². The van der Waals surface area contributed by atoms with E-state index in [1.54, 1.807) is 23.5 Å². The number of aryl methyl sites for hydroxylation is 2. The number of fused-ring (bicyclic) bond motifs is 1. The van der Waals surface area contributed by atoms with E-state index in [4.69, 9.17) is 0 Å². The number of thiazole rings is 1. The normalized spacial score (nSPS) is 15.2. The summed E-state index contributed by atoms with van der Waals surface area (Å²) < 4.78 is 22.9. The van der Waals surface area contributed by atoms with Crippen LogP contribution in [0, 0.1) is 0 Å². The molecular weight excluding hydrogens is 278 g/mol. The van der Waals surface area contributed by atoms with Crippen LogP contribution >= 0.6 is 11.3 Å². The van der Waals surface area contributed by atoms with Gasteiger partial charge < -0.3 is 0 Å². The Labute approximate surface area is 117 Å². The van der Waals surface area contributed by atoms with Crippen molar-refractivity contribution in [1.29, 1.82) is 0 Å². The van der Waals surface area contributed by atoms with Crippen molar-refractivity contribution in [2.75, 3.05) is 6.26 Å². The molecule has 0 saturated heterocycles. The van der Waals surface area contributed by atoms with Crippen LogP contribution in [0.25, 0.3) is 10.6 Å². The van der Waals surface area contributed by atoms with Gasteiger partial charge in [0, 0.05) is 16.7 Å². The molecule has 0 atom stereocenters. The zero-order chi connectivity index (χ0) is 13.5. The van der Waals surface area contributed by atoms with E-state index in [1.807, 2.05) is 12.1 Å². The van der Waals surface area contributed by atoms with Gasteiger partial charge in [-0.25, -0.2) is 13.4 Å². The summed E-state index contributed by atoms with van der Waals surface area (Å²) in [5.41, 5.74) is 2.24. The number of hydrogen-bond acceptors (Lipinski definition) is 4. The van der Waals surface area contributed by atoms with Gasteiger partial charge in [-0.2, -0.15) is 0 Å². The Morgan fingerprint density at radius 2 is 1.79 bits per heavy atom. The second-order valence-corrected chi connectivity index (χ2v) is 7.99. The maximum atomic E-state index is 11.4. The molecule has 19 heavy (non-hydrogen) atoms. The van der Waals surface area contributed by atoms with E-state index in [0.717, 1.165) is 23.4 Å². The highest BCUT2D eigenvalue weighted by atomic mass is 32.2. The molecule has 3 rings (SSSR count). The molecule has 1 aromatic carbocycles. The molecule has 1 aliphatic carbocycles. The molecule has 0 fully saturated rings. The lowest BCUT2D eigenvalue weighted by Gasteiger charge is -2.06. The van der Waals surface area contributed by atoms with Crippen LogP contribution in [-0.4, -0.2) is 19.7 Å². The number of hydrogen-bond donors (Lipinski definition) is 0. The lowest BCUT2D eigenvalue weighted by Crippen LogP contribution is -1.98. The maximum Gasteiger partial charge on any atom is 0.175 e. The molecule has 1 aromatic heterocycles. The average Bonchev–Trinajstić information content (AvgIpc) is 2.81. The van der Waals surface area contributed by atoms with Crippen LogP contribution in [0.4, 0.5) is 0 Å². The second-order valence-electron chi connectivity index (χ2n) is 4.89. The lowest BCUT2D eigenvalue weighted by atomic mass is 10.0. The molecule has 0 spiro atoms. The third-order valence-electron chi connectivity index (χ3n) is 3.38. The number of nitrogens with zero attached hydrogens (tertiary/aromatic N) is 1. The molecule has 1 aliphatic rings. The first-order valence-electron chi connectivity index (χ1n) is 6.33. The predicted octanol–water partition coefficient (Wildman–Crippen LogP) is 3.09. The first-order valence-corrected chi connectivity index (χ1v) is 9.04. The smallest absolute Gasteiger partial charge is 0.175 e. The molecule has 0 amide bonds. The maximum absolute atomic E-state index is 11.4. The van der Waals surface area contributed by atoms with E-state index >= 15 is 0 Å². The predicted molar refractivity (Wildman–Crippen MR) is 77.3 cm³/mol. The van der Waals surface area contributed by atoms with Crippen molar-refractivity contribution >= 4 is 21.2 Å². The first kappa shape index (κ1) is 12.8. The highest BCUT2D eigenvalue weighted by Gasteiger charge is 2.16. The van der Waals surface area contributed by atoms with Gasteiger partial charge in [0.1, 0.15) is 5.01 Å². The van der Waals surface area contributed by atoms with Gasteiger partial charge in [0.25, 0.3) is 0 Å². The Balaban J connectivity index is 1.96. The van der Waals surface area contributed by atoms with Crippen LogP contribution in [0.1, 0.15) is 23.4 Å². The van der Waals surface area contributed by atoms with Gasteiger partial charge in [0.05, 0.1) is 10.6 Å². The zero-order valence-corrected chi connectivity index (χ0v) is 12.4. The minimum absolute atomic E-state index is 0.359. The van der Waals surface area contributed by atoms with Crippen molar-refractivity contribution in [1.82, 2.24) is 4.98 Å².